The Bertz CT molecular complexity index is 584. The van der Waals surface area contributed by atoms with Crippen LogP contribution in [0.2, 0.25) is 0 Å². The molecule has 2 aromatic rings. The van der Waals surface area contributed by atoms with Crippen molar-refractivity contribution < 1.29 is 9.90 Å². The highest BCUT2D eigenvalue weighted by Gasteiger charge is 2.21. The highest BCUT2D eigenvalue weighted by atomic mass is 16.3. The van der Waals surface area contributed by atoms with Crippen LogP contribution in [0, 0.1) is 0 Å². The molecule has 112 valence electrons. The fourth-order valence-electron chi connectivity index (χ4n) is 2.76. The second kappa shape index (κ2) is 6.24. The van der Waals surface area contributed by atoms with Gasteiger partial charge in [-0.1, -0.05) is 12.1 Å². The zero-order valence-corrected chi connectivity index (χ0v) is 11.9. The maximum atomic E-state index is 12.2. The van der Waals surface area contributed by atoms with Crippen LogP contribution in [-0.2, 0) is 0 Å². The van der Waals surface area contributed by atoms with E-state index in [1.165, 1.54) is 0 Å². The summed E-state index contributed by atoms with van der Waals surface area (Å²) >= 11 is 0. The first kappa shape index (κ1) is 14.0. The molecule has 1 saturated heterocycles. The van der Waals surface area contributed by atoms with Gasteiger partial charge in [-0.2, -0.15) is 0 Å². The number of benzene rings is 1. The predicted octanol–water partition coefficient (Wildman–Crippen LogP) is 0.749. The third kappa shape index (κ3) is 3.22. The molecule has 0 aliphatic carbocycles. The molecule has 0 spiro atoms. The maximum Gasteiger partial charge on any atom is 0.287 e. The summed E-state index contributed by atoms with van der Waals surface area (Å²) in [5, 5.41) is 12.0. The lowest BCUT2D eigenvalue weighted by Gasteiger charge is -2.31. The summed E-state index contributed by atoms with van der Waals surface area (Å²) in [6.45, 7) is 2.72. The average molecular weight is 288 g/mol. The molecule has 1 aromatic heterocycles. The molecule has 1 aliphatic heterocycles. The van der Waals surface area contributed by atoms with Gasteiger partial charge in [0.1, 0.15) is 0 Å². The minimum absolute atomic E-state index is 0.146. The lowest BCUT2D eigenvalue weighted by atomic mass is 10.1. The SMILES string of the molecule is O=C(NC1CCN(CCO)CC1)c1nc2ccccc2[nH]1. The number of piperidine rings is 1. The normalized spacial score (nSPS) is 17.2. The van der Waals surface area contributed by atoms with Gasteiger partial charge in [-0.25, -0.2) is 4.98 Å². The number of β-amino-alcohol motifs (C(OH)–C–C–N with tert-alkyl or cyclic N) is 1. The smallest absolute Gasteiger partial charge is 0.287 e. The van der Waals surface area contributed by atoms with E-state index in [9.17, 15) is 4.79 Å². The molecule has 21 heavy (non-hydrogen) atoms. The first-order chi connectivity index (χ1) is 10.3. The summed E-state index contributed by atoms with van der Waals surface area (Å²) in [5.74, 6) is 0.223. The number of imidazole rings is 1. The van der Waals surface area contributed by atoms with E-state index >= 15 is 0 Å². The standard InChI is InChI=1S/C15H20N4O2/c20-10-9-19-7-5-11(6-8-19)16-15(21)14-17-12-3-1-2-4-13(12)18-14/h1-4,11,20H,5-10H2,(H,16,21)(H,17,18). The molecule has 0 bridgehead atoms. The summed E-state index contributed by atoms with van der Waals surface area (Å²) in [6, 6.07) is 7.80. The molecule has 0 saturated carbocycles. The molecule has 1 fully saturated rings. The molecule has 3 N–H and O–H groups in total. The molecular weight excluding hydrogens is 268 g/mol. The van der Waals surface area contributed by atoms with E-state index in [0.29, 0.717) is 12.4 Å². The Labute approximate surface area is 123 Å². The van der Waals surface area contributed by atoms with E-state index in [1.807, 2.05) is 24.3 Å². The number of H-pyrrole nitrogens is 1. The van der Waals surface area contributed by atoms with Crippen molar-refractivity contribution in [2.45, 2.75) is 18.9 Å². The number of amides is 1. The summed E-state index contributed by atoms with van der Waals surface area (Å²) in [7, 11) is 0. The maximum absolute atomic E-state index is 12.2. The number of aliphatic hydroxyl groups excluding tert-OH is 1. The first-order valence-corrected chi connectivity index (χ1v) is 7.35. The lowest BCUT2D eigenvalue weighted by molar-refractivity contribution is 0.0894. The van der Waals surface area contributed by atoms with Crippen LogP contribution in [0.15, 0.2) is 24.3 Å². The minimum Gasteiger partial charge on any atom is -0.395 e. The number of aliphatic hydroxyl groups is 1. The van der Waals surface area contributed by atoms with E-state index < -0.39 is 0 Å². The van der Waals surface area contributed by atoms with Crippen molar-refractivity contribution in [3.05, 3.63) is 30.1 Å². The molecule has 0 radical (unpaired) electrons. The summed E-state index contributed by atoms with van der Waals surface area (Å²) in [6.07, 6.45) is 1.82. The van der Waals surface area contributed by atoms with Crippen molar-refractivity contribution in [2.24, 2.45) is 0 Å². The van der Waals surface area contributed by atoms with Gasteiger partial charge in [0.15, 0.2) is 5.82 Å². The van der Waals surface area contributed by atoms with Crippen molar-refractivity contribution >= 4 is 16.9 Å². The van der Waals surface area contributed by atoms with Gasteiger partial charge in [-0.3, -0.25) is 4.79 Å². The highest BCUT2D eigenvalue weighted by molar-refractivity contribution is 5.94. The van der Waals surface area contributed by atoms with Gasteiger partial charge in [0.25, 0.3) is 5.91 Å². The van der Waals surface area contributed by atoms with Crippen molar-refractivity contribution in [1.82, 2.24) is 20.2 Å². The highest BCUT2D eigenvalue weighted by Crippen LogP contribution is 2.13. The zero-order valence-electron chi connectivity index (χ0n) is 11.9. The van der Waals surface area contributed by atoms with Gasteiger partial charge in [-0.05, 0) is 25.0 Å². The van der Waals surface area contributed by atoms with Crippen LogP contribution in [0.3, 0.4) is 0 Å². The Morgan fingerprint density at radius 3 is 2.86 bits per heavy atom. The summed E-state index contributed by atoms with van der Waals surface area (Å²) in [4.78, 5) is 21.8. The molecule has 2 heterocycles. The van der Waals surface area contributed by atoms with Crippen LogP contribution in [0.1, 0.15) is 23.5 Å². The van der Waals surface area contributed by atoms with E-state index in [1.54, 1.807) is 0 Å². The van der Waals surface area contributed by atoms with Gasteiger partial charge in [-0.15, -0.1) is 0 Å². The number of para-hydroxylation sites is 2. The van der Waals surface area contributed by atoms with Gasteiger partial charge < -0.3 is 20.3 Å². The number of nitrogens with zero attached hydrogens (tertiary/aromatic N) is 2. The second-order valence-electron chi connectivity index (χ2n) is 5.42. The number of carbonyl (C=O) groups excluding carboxylic acids is 1. The number of hydrogen-bond acceptors (Lipinski definition) is 4. The second-order valence-corrected chi connectivity index (χ2v) is 5.42. The van der Waals surface area contributed by atoms with Crippen LogP contribution in [0.25, 0.3) is 11.0 Å². The van der Waals surface area contributed by atoms with Crippen molar-refractivity contribution in [3.63, 3.8) is 0 Å². The molecule has 6 heteroatoms. The molecule has 0 unspecified atom stereocenters. The van der Waals surface area contributed by atoms with Crippen LogP contribution in [0.4, 0.5) is 0 Å². The summed E-state index contributed by atoms with van der Waals surface area (Å²) < 4.78 is 0. The topological polar surface area (TPSA) is 81.2 Å². The largest absolute Gasteiger partial charge is 0.395 e. The molecule has 1 amide bonds. The lowest BCUT2D eigenvalue weighted by Crippen LogP contribution is -2.45. The molecule has 3 rings (SSSR count). The molecule has 6 nitrogen and oxygen atoms in total. The molecular formula is C15H20N4O2. The Balaban J connectivity index is 1.59. The van der Waals surface area contributed by atoms with Gasteiger partial charge >= 0.3 is 0 Å². The Hall–Kier alpha value is -1.92. The van der Waals surface area contributed by atoms with Crippen LogP contribution < -0.4 is 5.32 Å². The van der Waals surface area contributed by atoms with Crippen molar-refractivity contribution in [1.29, 1.82) is 0 Å². The van der Waals surface area contributed by atoms with Gasteiger partial charge in [0.05, 0.1) is 17.6 Å². The number of nitrogens with one attached hydrogen (secondary N) is 2. The van der Waals surface area contributed by atoms with Gasteiger partial charge in [0.2, 0.25) is 0 Å². The fraction of sp³-hybridized carbons (Fsp3) is 0.467. The third-order valence-corrected chi connectivity index (χ3v) is 3.94. The van der Waals surface area contributed by atoms with E-state index in [-0.39, 0.29) is 18.6 Å². The number of aromatic nitrogens is 2. The number of likely N-dealkylation sites (tertiary alicyclic amines) is 1. The number of fused-ring (bicyclic) bond motifs is 1. The zero-order chi connectivity index (χ0) is 14.7. The van der Waals surface area contributed by atoms with Crippen molar-refractivity contribution in [2.75, 3.05) is 26.2 Å². The molecule has 0 atom stereocenters. The Morgan fingerprint density at radius 2 is 2.14 bits per heavy atom. The number of rotatable bonds is 4. The third-order valence-electron chi connectivity index (χ3n) is 3.94. The van der Waals surface area contributed by atoms with Crippen LogP contribution >= 0.6 is 0 Å². The fourth-order valence-corrected chi connectivity index (χ4v) is 2.76. The quantitative estimate of drug-likeness (QED) is 0.775. The number of hydrogen-bond donors (Lipinski definition) is 3. The van der Waals surface area contributed by atoms with Gasteiger partial charge in [0, 0.05) is 25.7 Å². The molecule has 1 aliphatic rings. The summed E-state index contributed by atoms with van der Waals surface area (Å²) in [5.41, 5.74) is 1.68. The first-order valence-electron chi connectivity index (χ1n) is 7.35. The Morgan fingerprint density at radius 1 is 1.38 bits per heavy atom. The monoisotopic (exact) mass is 288 g/mol. The van der Waals surface area contributed by atoms with Crippen molar-refractivity contribution in [3.8, 4) is 0 Å². The minimum atomic E-state index is -0.146. The Kier molecular flexibility index (Phi) is 4.17. The number of aromatic amines is 1. The predicted molar refractivity (Wildman–Crippen MR) is 80.1 cm³/mol. The average Bonchev–Trinajstić information content (AvgIpc) is 2.94. The molecule has 1 aromatic carbocycles. The number of carbonyl (C=O) groups is 1. The van der Waals surface area contributed by atoms with Crippen LogP contribution in [0.5, 0.6) is 0 Å². The van der Waals surface area contributed by atoms with Crippen LogP contribution in [-0.4, -0.2) is 58.2 Å². The van der Waals surface area contributed by atoms with E-state index in [4.69, 9.17) is 5.11 Å². The van der Waals surface area contributed by atoms with E-state index in [2.05, 4.69) is 20.2 Å². The van der Waals surface area contributed by atoms with E-state index in [0.717, 1.165) is 37.0 Å².